The average Bonchev–Trinajstić information content (AvgIpc) is 3.31. The lowest BCUT2D eigenvalue weighted by Gasteiger charge is -2.32. The van der Waals surface area contributed by atoms with Crippen molar-refractivity contribution >= 4 is 17.6 Å². The van der Waals surface area contributed by atoms with E-state index in [1.807, 2.05) is 42.4 Å². The molecule has 0 bridgehead atoms. The monoisotopic (exact) mass is 411 g/mol. The van der Waals surface area contributed by atoms with Crippen molar-refractivity contribution in [2.45, 2.75) is 52.6 Å². The first-order valence-corrected chi connectivity index (χ1v) is 10.4. The maximum Gasteiger partial charge on any atom is 0.239 e. The molecule has 2 amide bonds. The number of nitrogens with zero attached hydrogens (tertiary/aromatic N) is 3. The molecule has 160 valence electrons. The minimum Gasteiger partial charge on any atom is -0.467 e. The molecule has 2 aromatic rings. The Balaban J connectivity index is 1.71. The van der Waals surface area contributed by atoms with Gasteiger partial charge >= 0.3 is 0 Å². The summed E-state index contributed by atoms with van der Waals surface area (Å²) in [6.45, 7) is 7.75. The molecule has 0 aromatic carbocycles. The maximum atomic E-state index is 12.8. The molecule has 8 nitrogen and oxygen atoms in total. The molecule has 0 aliphatic carbocycles. The van der Waals surface area contributed by atoms with Crippen molar-refractivity contribution in [3.05, 3.63) is 41.0 Å². The number of nitriles is 1. The van der Waals surface area contributed by atoms with Crippen molar-refractivity contribution in [2.24, 2.45) is 0 Å². The molecule has 2 N–H and O–H groups in total. The molecule has 3 rings (SSSR count). The molecular formula is C22H29N5O3. The number of anilines is 1. The van der Waals surface area contributed by atoms with Gasteiger partial charge in [0, 0.05) is 24.7 Å². The van der Waals surface area contributed by atoms with Crippen LogP contribution in [0.3, 0.4) is 0 Å². The molecule has 1 aliphatic heterocycles. The zero-order valence-electron chi connectivity index (χ0n) is 17.8. The Hall–Kier alpha value is -3.05. The van der Waals surface area contributed by atoms with Crippen LogP contribution >= 0.6 is 0 Å². The van der Waals surface area contributed by atoms with Gasteiger partial charge in [-0.05, 0) is 50.9 Å². The number of amides is 2. The number of likely N-dealkylation sites (tertiary alicyclic amines) is 1. The van der Waals surface area contributed by atoms with Crippen LogP contribution in [0.1, 0.15) is 48.8 Å². The topological polar surface area (TPSA) is 103 Å². The second-order valence-electron chi connectivity index (χ2n) is 7.75. The zero-order valence-corrected chi connectivity index (χ0v) is 17.8. The van der Waals surface area contributed by atoms with Crippen LogP contribution in [0.4, 0.5) is 5.82 Å². The number of hydrogen-bond donors (Lipinski definition) is 2. The smallest absolute Gasteiger partial charge is 0.239 e. The summed E-state index contributed by atoms with van der Waals surface area (Å²) in [6.07, 6.45) is 3.92. The lowest BCUT2D eigenvalue weighted by atomic mass is 10.1. The largest absolute Gasteiger partial charge is 0.467 e. The van der Waals surface area contributed by atoms with Gasteiger partial charge in [-0.3, -0.25) is 14.5 Å². The Labute approximate surface area is 176 Å². The number of carbonyl (C=O) groups is 2. The van der Waals surface area contributed by atoms with Crippen LogP contribution in [0, 0.1) is 25.2 Å². The zero-order chi connectivity index (χ0) is 21.7. The van der Waals surface area contributed by atoms with E-state index in [1.54, 1.807) is 6.26 Å². The molecule has 1 saturated heterocycles. The van der Waals surface area contributed by atoms with Crippen LogP contribution < -0.4 is 10.6 Å². The van der Waals surface area contributed by atoms with E-state index in [0.29, 0.717) is 30.9 Å². The molecule has 0 saturated carbocycles. The Kier molecular flexibility index (Phi) is 6.95. The van der Waals surface area contributed by atoms with Gasteiger partial charge in [-0.15, -0.1) is 0 Å². The third kappa shape index (κ3) is 4.92. The fourth-order valence-electron chi connectivity index (χ4n) is 3.91. The third-order valence-electron chi connectivity index (χ3n) is 5.65. The van der Waals surface area contributed by atoms with Crippen molar-refractivity contribution < 1.29 is 14.0 Å². The molecule has 1 fully saturated rings. The summed E-state index contributed by atoms with van der Waals surface area (Å²) in [5, 5.41) is 15.6. The Morgan fingerprint density at radius 1 is 1.33 bits per heavy atom. The maximum absolute atomic E-state index is 12.8. The van der Waals surface area contributed by atoms with E-state index >= 15 is 0 Å². The SMILES string of the molecule is CCC(=O)NC1CCCN(CC(=O)Nc2c(C#N)c(C)c(C)n2Cc2ccco2)C1. The second kappa shape index (κ2) is 9.63. The van der Waals surface area contributed by atoms with Crippen molar-refractivity contribution in [1.29, 1.82) is 5.26 Å². The first-order valence-electron chi connectivity index (χ1n) is 10.4. The standard InChI is InChI=1S/C22H29N5O3/c1-4-20(28)24-17-7-5-9-26(12-17)14-21(29)25-22-19(11-23)15(2)16(3)27(22)13-18-8-6-10-30-18/h6,8,10,17H,4-5,7,9,12-14H2,1-3H3,(H,24,28)(H,25,29). The van der Waals surface area contributed by atoms with Crippen LogP contribution in [0.2, 0.25) is 0 Å². The van der Waals surface area contributed by atoms with E-state index in [1.165, 1.54) is 0 Å². The molecule has 30 heavy (non-hydrogen) atoms. The second-order valence-corrected chi connectivity index (χ2v) is 7.75. The number of carbonyl (C=O) groups excluding carboxylic acids is 2. The first kappa shape index (κ1) is 21.7. The molecule has 1 atom stereocenters. The van der Waals surface area contributed by atoms with E-state index in [0.717, 1.165) is 36.4 Å². The van der Waals surface area contributed by atoms with E-state index in [4.69, 9.17) is 4.42 Å². The van der Waals surface area contributed by atoms with Gasteiger partial charge < -0.3 is 19.6 Å². The number of hydrogen-bond acceptors (Lipinski definition) is 5. The van der Waals surface area contributed by atoms with Crippen molar-refractivity contribution in [1.82, 2.24) is 14.8 Å². The van der Waals surface area contributed by atoms with Gasteiger partial charge in [-0.25, -0.2) is 0 Å². The number of furan rings is 1. The summed E-state index contributed by atoms with van der Waals surface area (Å²) in [4.78, 5) is 26.5. The van der Waals surface area contributed by atoms with Gasteiger partial charge in [0.15, 0.2) is 0 Å². The highest BCUT2D eigenvalue weighted by Crippen LogP contribution is 2.27. The van der Waals surface area contributed by atoms with Gasteiger partial charge in [0.1, 0.15) is 17.6 Å². The molecule has 8 heteroatoms. The fraction of sp³-hybridized carbons (Fsp3) is 0.500. The van der Waals surface area contributed by atoms with Crippen LogP contribution in [-0.4, -0.2) is 47.0 Å². The normalized spacial score (nSPS) is 16.8. The molecule has 3 heterocycles. The van der Waals surface area contributed by atoms with Crippen LogP contribution in [0.15, 0.2) is 22.8 Å². The van der Waals surface area contributed by atoms with Crippen LogP contribution in [-0.2, 0) is 16.1 Å². The number of piperidine rings is 1. The van der Waals surface area contributed by atoms with E-state index in [2.05, 4.69) is 16.7 Å². The Morgan fingerprint density at radius 2 is 2.13 bits per heavy atom. The molecule has 1 aliphatic rings. The quantitative estimate of drug-likeness (QED) is 0.729. The van der Waals surface area contributed by atoms with Crippen molar-refractivity contribution in [3.63, 3.8) is 0 Å². The van der Waals surface area contributed by atoms with Crippen molar-refractivity contribution in [2.75, 3.05) is 25.0 Å². The third-order valence-corrected chi connectivity index (χ3v) is 5.65. The first-order chi connectivity index (χ1) is 14.4. The van der Waals surface area contributed by atoms with E-state index in [9.17, 15) is 14.9 Å². The summed E-state index contributed by atoms with van der Waals surface area (Å²) in [6, 6.07) is 5.97. The summed E-state index contributed by atoms with van der Waals surface area (Å²) in [5.41, 5.74) is 2.23. The van der Waals surface area contributed by atoms with Crippen molar-refractivity contribution in [3.8, 4) is 6.07 Å². The molecule has 0 spiro atoms. The minimum absolute atomic E-state index is 0.0340. The van der Waals surface area contributed by atoms with Gasteiger partial charge in [-0.2, -0.15) is 5.26 Å². The summed E-state index contributed by atoms with van der Waals surface area (Å²) >= 11 is 0. The predicted octanol–water partition coefficient (Wildman–Crippen LogP) is 2.55. The summed E-state index contributed by atoms with van der Waals surface area (Å²) in [5.74, 6) is 1.11. The summed E-state index contributed by atoms with van der Waals surface area (Å²) < 4.78 is 7.36. The lowest BCUT2D eigenvalue weighted by molar-refractivity contribution is -0.121. The Morgan fingerprint density at radius 3 is 2.80 bits per heavy atom. The molecular weight excluding hydrogens is 382 g/mol. The summed E-state index contributed by atoms with van der Waals surface area (Å²) in [7, 11) is 0. The van der Waals surface area contributed by atoms with E-state index < -0.39 is 0 Å². The van der Waals surface area contributed by atoms with Gasteiger partial charge in [0.2, 0.25) is 11.8 Å². The highest BCUT2D eigenvalue weighted by molar-refractivity contribution is 5.93. The van der Waals surface area contributed by atoms with E-state index in [-0.39, 0.29) is 24.4 Å². The molecule has 0 radical (unpaired) electrons. The lowest BCUT2D eigenvalue weighted by Crippen LogP contribution is -2.49. The van der Waals surface area contributed by atoms with Gasteiger partial charge in [0.25, 0.3) is 0 Å². The average molecular weight is 412 g/mol. The number of nitrogens with one attached hydrogen (secondary N) is 2. The van der Waals surface area contributed by atoms with Crippen LogP contribution in [0.25, 0.3) is 0 Å². The van der Waals surface area contributed by atoms with Gasteiger partial charge in [-0.1, -0.05) is 6.92 Å². The minimum atomic E-state index is -0.174. The number of rotatable bonds is 7. The predicted molar refractivity (Wildman–Crippen MR) is 113 cm³/mol. The number of aromatic nitrogens is 1. The highest BCUT2D eigenvalue weighted by Gasteiger charge is 2.25. The van der Waals surface area contributed by atoms with Crippen LogP contribution in [0.5, 0.6) is 0 Å². The van der Waals surface area contributed by atoms with Gasteiger partial charge in [0.05, 0.1) is 24.9 Å². The molecule has 2 aromatic heterocycles. The fourth-order valence-corrected chi connectivity index (χ4v) is 3.91. The molecule has 1 unspecified atom stereocenters. The Bertz CT molecular complexity index is 939. The highest BCUT2D eigenvalue weighted by atomic mass is 16.3.